The van der Waals surface area contributed by atoms with E-state index < -0.39 is 61.4 Å². The molecule has 2 aliphatic rings. The van der Waals surface area contributed by atoms with Crippen molar-refractivity contribution in [2.45, 2.75) is 75.3 Å². The molecule has 2 rings (SSSR count). The summed E-state index contributed by atoms with van der Waals surface area (Å²) in [5.74, 6) is 0. The summed E-state index contributed by atoms with van der Waals surface area (Å²) >= 11 is 0. The van der Waals surface area contributed by atoms with E-state index in [1.165, 1.54) is 13.8 Å². The summed E-state index contributed by atoms with van der Waals surface area (Å²) in [6, 6.07) is 0. The second-order valence-electron chi connectivity index (χ2n) is 5.50. The zero-order valence-electron chi connectivity index (χ0n) is 11.7. The molecule has 0 aromatic carbocycles. The predicted molar refractivity (Wildman–Crippen MR) is 65.8 cm³/mol. The van der Waals surface area contributed by atoms with Gasteiger partial charge in [0.2, 0.25) is 0 Å². The lowest BCUT2D eigenvalue weighted by molar-refractivity contribution is -0.356. The molecule has 9 nitrogen and oxygen atoms in total. The molecule has 0 amide bonds. The molecule has 0 bridgehead atoms. The molecule has 0 aliphatic carbocycles. The Labute approximate surface area is 121 Å². The number of rotatable bonds is 2. The number of aliphatic hydroxyl groups excluding tert-OH is 6. The Hall–Kier alpha value is -0.360. The van der Waals surface area contributed by atoms with Gasteiger partial charge in [0, 0.05) is 0 Å². The van der Waals surface area contributed by atoms with Gasteiger partial charge in [-0.1, -0.05) is 0 Å². The molecule has 2 saturated heterocycles. The normalized spacial score (nSPS) is 55.4. The van der Waals surface area contributed by atoms with Crippen molar-refractivity contribution in [1.82, 2.24) is 0 Å². The van der Waals surface area contributed by atoms with Crippen molar-refractivity contribution in [3.8, 4) is 0 Å². The van der Waals surface area contributed by atoms with E-state index in [0.29, 0.717) is 0 Å². The third kappa shape index (κ3) is 3.21. The minimum Gasteiger partial charge on any atom is -0.388 e. The molecule has 0 spiro atoms. The first kappa shape index (κ1) is 17.0. The Morgan fingerprint density at radius 1 is 0.667 bits per heavy atom. The maximum absolute atomic E-state index is 9.91. The van der Waals surface area contributed by atoms with Crippen molar-refractivity contribution in [3.05, 3.63) is 0 Å². The van der Waals surface area contributed by atoms with Crippen LogP contribution in [0.25, 0.3) is 0 Å². The Balaban J connectivity index is 2.06. The summed E-state index contributed by atoms with van der Waals surface area (Å²) in [6.45, 7) is 2.94. The van der Waals surface area contributed by atoms with Crippen LogP contribution in [0.4, 0.5) is 0 Å². The highest BCUT2D eigenvalue weighted by atomic mass is 16.7. The van der Waals surface area contributed by atoms with Gasteiger partial charge in [-0.25, -0.2) is 0 Å². The van der Waals surface area contributed by atoms with Crippen molar-refractivity contribution in [2.75, 3.05) is 0 Å². The van der Waals surface area contributed by atoms with Gasteiger partial charge < -0.3 is 44.8 Å². The third-order valence-corrected chi connectivity index (χ3v) is 3.90. The Morgan fingerprint density at radius 3 is 1.81 bits per heavy atom. The number of ether oxygens (including phenoxy) is 3. The molecule has 2 fully saturated rings. The molecular formula is C12H22O9. The van der Waals surface area contributed by atoms with E-state index in [1.54, 1.807) is 0 Å². The topological polar surface area (TPSA) is 149 Å². The average molecular weight is 310 g/mol. The molecular weight excluding hydrogens is 288 g/mol. The van der Waals surface area contributed by atoms with Gasteiger partial charge in [-0.15, -0.1) is 0 Å². The molecule has 0 radical (unpaired) electrons. The number of hydrogen-bond donors (Lipinski definition) is 6. The second kappa shape index (κ2) is 6.41. The summed E-state index contributed by atoms with van der Waals surface area (Å²) in [4.78, 5) is 0. The van der Waals surface area contributed by atoms with Gasteiger partial charge in [-0.3, -0.25) is 0 Å². The van der Waals surface area contributed by atoms with Crippen LogP contribution < -0.4 is 0 Å². The van der Waals surface area contributed by atoms with Crippen LogP contribution in [-0.2, 0) is 14.2 Å². The van der Waals surface area contributed by atoms with Crippen LogP contribution >= 0.6 is 0 Å². The van der Waals surface area contributed by atoms with Gasteiger partial charge in [-0.05, 0) is 13.8 Å². The summed E-state index contributed by atoms with van der Waals surface area (Å²) in [5.41, 5.74) is 0. The quantitative estimate of drug-likeness (QED) is 0.308. The van der Waals surface area contributed by atoms with Gasteiger partial charge in [0.25, 0.3) is 0 Å². The first-order chi connectivity index (χ1) is 9.73. The molecule has 6 N–H and O–H groups in total. The Bertz CT molecular complexity index is 354. The van der Waals surface area contributed by atoms with Gasteiger partial charge in [-0.2, -0.15) is 0 Å². The van der Waals surface area contributed by atoms with E-state index in [4.69, 9.17) is 14.2 Å². The van der Waals surface area contributed by atoms with E-state index in [0.717, 1.165) is 0 Å². The first-order valence-electron chi connectivity index (χ1n) is 6.78. The first-order valence-corrected chi connectivity index (χ1v) is 6.78. The lowest BCUT2D eigenvalue weighted by Crippen LogP contribution is -2.62. The maximum atomic E-state index is 9.91. The molecule has 0 aromatic rings. The van der Waals surface area contributed by atoms with Gasteiger partial charge in [0.15, 0.2) is 12.6 Å². The van der Waals surface area contributed by atoms with Crippen molar-refractivity contribution < 1.29 is 44.8 Å². The van der Waals surface area contributed by atoms with Crippen LogP contribution in [0.1, 0.15) is 13.8 Å². The third-order valence-electron chi connectivity index (χ3n) is 3.90. The monoisotopic (exact) mass is 310 g/mol. The fourth-order valence-electron chi connectivity index (χ4n) is 2.45. The summed E-state index contributed by atoms with van der Waals surface area (Å²) in [6.07, 6.45) is -13.0. The summed E-state index contributed by atoms with van der Waals surface area (Å²) in [5, 5.41) is 58.5. The molecule has 124 valence electrons. The van der Waals surface area contributed by atoms with Gasteiger partial charge in [0.05, 0.1) is 12.2 Å². The van der Waals surface area contributed by atoms with Crippen LogP contribution in [0, 0.1) is 0 Å². The SMILES string of the molecule is C[C@@H]1O[C@@H](O[C@H]2C(O)O[C@@H](C)[C@H](O)[C@H]2O)[C@H](O)[C@H](O)[C@H]1O. The van der Waals surface area contributed by atoms with E-state index in [9.17, 15) is 30.6 Å². The van der Waals surface area contributed by atoms with E-state index in [1.807, 2.05) is 0 Å². The highest BCUT2D eigenvalue weighted by Crippen LogP contribution is 2.28. The number of hydrogen-bond acceptors (Lipinski definition) is 9. The van der Waals surface area contributed by atoms with E-state index >= 15 is 0 Å². The molecule has 1 unspecified atom stereocenters. The van der Waals surface area contributed by atoms with Crippen molar-refractivity contribution in [1.29, 1.82) is 0 Å². The van der Waals surface area contributed by atoms with Crippen molar-refractivity contribution >= 4 is 0 Å². The van der Waals surface area contributed by atoms with Crippen molar-refractivity contribution in [2.24, 2.45) is 0 Å². The van der Waals surface area contributed by atoms with Crippen LogP contribution in [0.3, 0.4) is 0 Å². The fourth-order valence-corrected chi connectivity index (χ4v) is 2.45. The van der Waals surface area contributed by atoms with Gasteiger partial charge >= 0.3 is 0 Å². The highest BCUT2D eigenvalue weighted by Gasteiger charge is 2.48. The molecule has 9 heteroatoms. The summed E-state index contributed by atoms with van der Waals surface area (Å²) in [7, 11) is 0. The van der Waals surface area contributed by atoms with Crippen LogP contribution in [0.15, 0.2) is 0 Å². The molecule has 2 heterocycles. The maximum Gasteiger partial charge on any atom is 0.187 e. The summed E-state index contributed by atoms with van der Waals surface area (Å²) < 4.78 is 15.5. The predicted octanol–water partition coefficient (Wildman–Crippen LogP) is -3.34. The molecule has 0 aromatic heterocycles. The van der Waals surface area contributed by atoms with Crippen LogP contribution in [-0.4, -0.2) is 92.1 Å². The fraction of sp³-hybridized carbons (Fsp3) is 1.00. The zero-order valence-corrected chi connectivity index (χ0v) is 11.7. The van der Waals surface area contributed by atoms with Crippen LogP contribution in [0.2, 0.25) is 0 Å². The minimum atomic E-state index is -1.58. The standard InChI is InChI=1S/C12H22O9/c1-3-6(14)8(16)10(11(18)19-3)21-12-9(17)7(15)5(13)4(2)20-12/h3-18H,1-2H3/t3-,4-,5-,6-,7+,8+,9+,10+,11?,12-/m0/s1. The van der Waals surface area contributed by atoms with E-state index in [-0.39, 0.29) is 0 Å². The molecule has 0 saturated carbocycles. The highest BCUT2D eigenvalue weighted by molar-refractivity contribution is 4.91. The van der Waals surface area contributed by atoms with Crippen LogP contribution in [0.5, 0.6) is 0 Å². The van der Waals surface area contributed by atoms with E-state index in [2.05, 4.69) is 0 Å². The minimum absolute atomic E-state index is 0.793. The Kier molecular flexibility index (Phi) is 5.19. The lowest BCUT2D eigenvalue weighted by atomic mass is 9.98. The molecule has 2 aliphatic heterocycles. The lowest BCUT2D eigenvalue weighted by Gasteiger charge is -2.44. The Morgan fingerprint density at radius 2 is 1.19 bits per heavy atom. The number of aliphatic hydroxyl groups is 6. The second-order valence-corrected chi connectivity index (χ2v) is 5.50. The molecule has 10 atom stereocenters. The average Bonchev–Trinajstić information content (AvgIpc) is 2.44. The van der Waals surface area contributed by atoms with Gasteiger partial charge in [0.1, 0.15) is 36.6 Å². The smallest absolute Gasteiger partial charge is 0.187 e. The van der Waals surface area contributed by atoms with Crippen molar-refractivity contribution in [3.63, 3.8) is 0 Å². The zero-order chi connectivity index (χ0) is 15.9. The largest absolute Gasteiger partial charge is 0.388 e. The molecule has 21 heavy (non-hydrogen) atoms.